The molecule has 0 saturated carbocycles. The van der Waals surface area contributed by atoms with Crippen LogP contribution in [0.25, 0.3) is 0 Å². The van der Waals surface area contributed by atoms with Crippen LogP contribution in [-0.4, -0.2) is 5.78 Å². The van der Waals surface area contributed by atoms with Gasteiger partial charge in [0.1, 0.15) is 0 Å². The van der Waals surface area contributed by atoms with Crippen LogP contribution in [0.4, 0.5) is 0 Å². The van der Waals surface area contributed by atoms with E-state index in [1.165, 1.54) is 6.92 Å². The Morgan fingerprint density at radius 3 is 2.14 bits per heavy atom. The Morgan fingerprint density at radius 2 is 2.14 bits per heavy atom. The highest BCUT2D eigenvalue weighted by atomic mass is 35.5. The molecule has 0 saturated heterocycles. The molecular formula is C4H4Cl2O. The molecule has 40 valence electrons. The molecule has 0 atom stereocenters. The third kappa shape index (κ3) is 2.66. The van der Waals surface area contributed by atoms with Gasteiger partial charge in [-0.2, -0.15) is 0 Å². The van der Waals surface area contributed by atoms with Crippen LogP contribution in [0.15, 0.2) is 10.6 Å². The molecule has 0 aliphatic rings. The molecule has 0 spiro atoms. The lowest BCUT2D eigenvalue weighted by Gasteiger charge is -1.80. The average Bonchev–Trinajstić information content (AvgIpc) is 1.65. The van der Waals surface area contributed by atoms with E-state index in [4.69, 9.17) is 23.2 Å². The highest BCUT2D eigenvalue weighted by molar-refractivity contribution is 6.46. The third-order valence-electron chi connectivity index (χ3n) is 0.432. The highest BCUT2D eigenvalue weighted by Crippen LogP contribution is 2.02. The number of hydrogen-bond acceptors (Lipinski definition) is 1. The average molecular weight is 139 g/mol. The fourth-order valence-corrected chi connectivity index (χ4v) is 0.230. The van der Waals surface area contributed by atoms with Crippen molar-refractivity contribution in [3.8, 4) is 0 Å². The minimum Gasteiger partial charge on any atom is -0.293 e. The molecule has 0 aliphatic carbocycles. The Balaban J connectivity index is 3.82. The molecule has 0 unspecified atom stereocenters. The zero-order chi connectivity index (χ0) is 5.86. The van der Waals surface area contributed by atoms with Crippen molar-refractivity contribution in [1.29, 1.82) is 0 Å². The van der Waals surface area contributed by atoms with Crippen LogP contribution in [0, 0.1) is 0 Å². The highest BCUT2D eigenvalue weighted by Gasteiger charge is 1.93. The summed E-state index contributed by atoms with van der Waals surface area (Å²) in [6, 6.07) is 0. The molecular weight excluding hydrogens is 135 g/mol. The van der Waals surface area contributed by atoms with Crippen LogP contribution in [-0.2, 0) is 4.79 Å². The minimum atomic E-state index is -0.211. The van der Waals surface area contributed by atoms with Gasteiger partial charge in [-0.15, -0.1) is 0 Å². The molecule has 0 fully saturated rings. The molecule has 3 heteroatoms. The van der Waals surface area contributed by atoms with Crippen LogP contribution < -0.4 is 0 Å². The predicted octanol–water partition coefficient (Wildman–Crippen LogP) is 1.89. The second-order valence-corrected chi connectivity index (χ2v) is 1.64. The lowest BCUT2D eigenvalue weighted by atomic mass is 10.4. The first-order valence-corrected chi connectivity index (χ1v) is 2.46. The molecule has 0 aromatic carbocycles. The van der Waals surface area contributed by atoms with Crippen molar-refractivity contribution in [2.45, 2.75) is 6.92 Å². The van der Waals surface area contributed by atoms with Gasteiger partial charge in [-0.25, -0.2) is 0 Å². The third-order valence-corrected chi connectivity index (χ3v) is 1.14. The van der Waals surface area contributed by atoms with Gasteiger partial charge in [-0.05, 0) is 0 Å². The van der Waals surface area contributed by atoms with E-state index in [9.17, 15) is 4.79 Å². The lowest BCUT2D eigenvalue weighted by Crippen LogP contribution is -1.85. The SMILES string of the molecule is CC(=O)C(Cl)=CCl. The molecule has 1 nitrogen and oxygen atoms in total. The topological polar surface area (TPSA) is 17.1 Å². The maximum atomic E-state index is 10.1. The van der Waals surface area contributed by atoms with Crippen molar-refractivity contribution in [2.24, 2.45) is 0 Å². The number of rotatable bonds is 1. The second kappa shape index (κ2) is 3.05. The van der Waals surface area contributed by atoms with Crippen LogP contribution in [0.5, 0.6) is 0 Å². The van der Waals surface area contributed by atoms with Crippen molar-refractivity contribution in [3.63, 3.8) is 0 Å². The Bertz CT molecular complexity index is 106. The Hall–Kier alpha value is -0.0100. The number of Topliss-reactive ketones (excluding diaryl/α,β-unsaturated/α-hetero) is 1. The van der Waals surface area contributed by atoms with Crippen molar-refractivity contribution < 1.29 is 4.79 Å². The van der Waals surface area contributed by atoms with Crippen LogP contribution >= 0.6 is 23.2 Å². The Labute approximate surface area is 51.9 Å². The van der Waals surface area contributed by atoms with E-state index >= 15 is 0 Å². The molecule has 0 aliphatic heterocycles. The standard InChI is InChI=1S/C4H4Cl2O/c1-3(7)4(6)2-5/h2H,1H3. The first-order chi connectivity index (χ1) is 3.18. The summed E-state index contributed by atoms with van der Waals surface area (Å²) in [6.07, 6.45) is 0. The van der Waals surface area contributed by atoms with E-state index in [1.54, 1.807) is 0 Å². The van der Waals surface area contributed by atoms with Crippen LogP contribution in [0.2, 0.25) is 0 Å². The lowest BCUT2D eigenvalue weighted by molar-refractivity contribution is -0.113. The summed E-state index contributed by atoms with van der Waals surface area (Å²) in [4.78, 5) is 10.1. The molecule has 0 heterocycles. The summed E-state index contributed by atoms with van der Waals surface area (Å²) in [5.41, 5.74) is 1.05. The molecule has 0 aromatic heterocycles. The van der Waals surface area contributed by atoms with Gasteiger partial charge in [0.15, 0.2) is 5.78 Å². The second-order valence-electron chi connectivity index (χ2n) is 1.01. The van der Waals surface area contributed by atoms with Gasteiger partial charge in [0, 0.05) is 12.5 Å². The smallest absolute Gasteiger partial charge is 0.172 e. The van der Waals surface area contributed by atoms with Crippen molar-refractivity contribution in [1.82, 2.24) is 0 Å². The molecule has 0 radical (unpaired) electrons. The molecule has 7 heavy (non-hydrogen) atoms. The molecule has 0 bridgehead atoms. The number of carbonyl (C=O) groups excluding carboxylic acids is 1. The van der Waals surface area contributed by atoms with E-state index < -0.39 is 0 Å². The number of hydrogen-bond donors (Lipinski definition) is 0. The number of halogens is 2. The first-order valence-electron chi connectivity index (χ1n) is 1.65. The monoisotopic (exact) mass is 138 g/mol. The quantitative estimate of drug-likeness (QED) is 0.507. The minimum absolute atomic E-state index is 0.0710. The van der Waals surface area contributed by atoms with Gasteiger partial charge in [-0.1, -0.05) is 23.2 Å². The van der Waals surface area contributed by atoms with E-state index in [-0.39, 0.29) is 10.8 Å². The first kappa shape index (κ1) is 6.99. The van der Waals surface area contributed by atoms with E-state index in [1.807, 2.05) is 0 Å². The molecule has 0 aromatic rings. The summed E-state index contributed by atoms with van der Waals surface area (Å²) >= 11 is 10.2. The molecule has 0 rings (SSSR count). The summed E-state index contributed by atoms with van der Waals surface area (Å²) in [5.74, 6) is -0.211. The van der Waals surface area contributed by atoms with Crippen LogP contribution in [0.1, 0.15) is 6.92 Å². The summed E-state index contributed by atoms with van der Waals surface area (Å²) in [5, 5.41) is 0.0710. The number of carbonyl (C=O) groups is 1. The summed E-state index contributed by atoms with van der Waals surface area (Å²) in [6.45, 7) is 1.35. The van der Waals surface area contributed by atoms with E-state index in [0.717, 1.165) is 5.54 Å². The fraction of sp³-hybridized carbons (Fsp3) is 0.250. The maximum Gasteiger partial charge on any atom is 0.172 e. The summed E-state index contributed by atoms with van der Waals surface area (Å²) in [7, 11) is 0. The fourth-order valence-electron chi connectivity index (χ4n) is 0.0768. The molecule has 0 amide bonds. The van der Waals surface area contributed by atoms with Gasteiger partial charge < -0.3 is 0 Å². The van der Waals surface area contributed by atoms with Crippen molar-refractivity contribution in [3.05, 3.63) is 10.6 Å². The number of ketones is 1. The predicted molar refractivity (Wildman–Crippen MR) is 30.5 cm³/mol. The maximum absolute atomic E-state index is 10.1. The van der Waals surface area contributed by atoms with Gasteiger partial charge in [0.05, 0.1) is 5.03 Å². The molecule has 0 N–H and O–H groups in total. The van der Waals surface area contributed by atoms with Crippen molar-refractivity contribution >= 4 is 29.0 Å². The van der Waals surface area contributed by atoms with Gasteiger partial charge >= 0.3 is 0 Å². The van der Waals surface area contributed by atoms with E-state index in [0.29, 0.717) is 0 Å². The summed E-state index contributed by atoms with van der Waals surface area (Å²) < 4.78 is 0. The largest absolute Gasteiger partial charge is 0.293 e. The normalized spacial score (nSPS) is 11.6. The Kier molecular flexibility index (Phi) is 3.05. The number of allylic oxidation sites excluding steroid dienone is 1. The zero-order valence-electron chi connectivity index (χ0n) is 3.74. The Morgan fingerprint density at radius 1 is 1.71 bits per heavy atom. The zero-order valence-corrected chi connectivity index (χ0v) is 5.25. The van der Waals surface area contributed by atoms with Crippen LogP contribution in [0.3, 0.4) is 0 Å². The van der Waals surface area contributed by atoms with Crippen molar-refractivity contribution in [2.75, 3.05) is 0 Å². The van der Waals surface area contributed by atoms with Gasteiger partial charge in [0.25, 0.3) is 0 Å². The van der Waals surface area contributed by atoms with Gasteiger partial charge in [0.2, 0.25) is 0 Å². The van der Waals surface area contributed by atoms with E-state index in [2.05, 4.69) is 0 Å². The van der Waals surface area contributed by atoms with Gasteiger partial charge in [-0.3, -0.25) is 4.79 Å².